The molecule has 0 spiro atoms. The lowest BCUT2D eigenvalue weighted by molar-refractivity contribution is 0.120. The molecule has 1 nitrogen and oxygen atoms in total. The van der Waals surface area contributed by atoms with Crippen LogP contribution in [0.15, 0.2) is 24.3 Å². The molecule has 0 saturated heterocycles. The van der Waals surface area contributed by atoms with E-state index in [1.807, 2.05) is 12.1 Å². The van der Waals surface area contributed by atoms with Gasteiger partial charge in [0.2, 0.25) is 0 Å². The minimum Gasteiger partial charge on any atom is -0.313 e. The predicted molar refractivity (Wildman–Crippen MR) is 74.1 cm³/mol. The second kappa shape index (κ2) is 5.83. The highest BCUT2D eigenvalue weighted by atomic mass is 19.1. The van der Waals surface area contributed by atoms with Gasteiger partial charge < -0.3 is 5.32 Å². The van der Waals surface area contributed by atoms with Crippen molar-refractivity contribution >= 4 is 0 Å². The van der Waals surface area contributed by atoms with Crippen LogP contribution in [0.2, 0.25) is 0 Å². The Bertz CT molecular complexity index is 362. The van der Waals surface area contributed by atoms with Crippen molar-refractivity contribution in [1.29, 1.82) is 0 Å². The first-order valence-corrected chi connectivity index (χ1v) is 7.11. The van der Waals surface area contributed by atoms with E-state index in [1.165, 1.54) is 31.2 Å². The molecule has 1 N–H and O–H groups in total. The van der Waals surface area contributed by atoms with Crippen molar-refractivity contribution in [3.63, 3.8) is 0 Å². The number of halogens is 1. The lowest BCUT2D eigenvalue weighted by Gasteiger charge is -2.42. The minimum atomic E-state index is -0.154. The summed E-state index contributed by atoms with van der Waals surface area (Å²) >= 11 is 0. The summed E-state index contributed by atoms with van der Waals surface area (Å²) in [5, 5.41) is 3.65. The molecular formula is C16H24FN. The third-order valence-corrected chi connectivity index (χ3v) is 4.44. The average molecular weight is 249 g/mol. The lowest BCUT2D eigenvalue weighted by atomic mass is 9.67. The van der Waals surface area contributed by atoms with E-state index >= 15 is 0 Å². The van der Waals surface area contributed by atoms with Gasteiger partial charge in [-0.2, -0.15) is 0 Å². The molecule has 0 aromatic heterocycles. The molecule has 1 aromatic carbocycles. The van der Waals surface area contributed by atoms with Gasteiger partial charge in [0.15, 0.2) is 0 Å². The monoisotopic (exact) mass is 249 g/mol. The maximum absolute atomic E-state index is 12.8. The Kier molecular flexibility index (Phi) is 4.39. The molecule has 1 saturated carbocycles. The van der Waals surface area contributed by atoms with Crippen LogP contribution >= 0.6 is 0 Å². The molecule has 1 fully saturated rings. The summed E-state index contributed by atoms with van der Waals surface area (Å²) in [6.45, 7) is 5.64. The maximum atomic E-state index is 12.8. The van der Waals surface area contributed by atoms with Gasteiger partial charge in [0, 0.05) is 12.6 Å². The molecule has 1 aliphatic rings. The van der Waals surface area contributed by atoms with Crippen LogP contribution in [-0.4, -0.2) is 12.6 Å². The molecule has 18 heavy (non-hydrogen) atoms. The number of nitrogens with one attached hydrogen (secondary N) is 1. The van der Waals surface area contributed by atoms with Crippen molar-refractivity contribution in [1.82, 2.24) is 5.32 Å². The standard InChI is InChI=1S/C16H24FN/c1-3-16(9-4-10-16)12-18-13(2)11-14-5-7-15(17)8-6-14/h5-8,13,18H,3-4,9-12H2,1-2H3. The van der Waals surface area contributed by atoms with E-state index in [2.05, 4.69) is 19.2 Å². The zero-order chi connectivity index (χ0) is 13.0. The number of benzene rings is 1. The molecular weight excluding hydrogens is 225 g/mol. The first kappa shape index (κ1) is 13.5. The Balaban J connectivity index is 1.78. The average Bonchev–Trinajstić information content (AvgIpc) is 2.31. The molecule has 0 bridgehead atoms. The second-order valence-electron chi connectivity index (χ2n) is 5.82. The smallest absolute Gasteiger partial charge is 0.123 e. The fourth-order valence-electron chi connectivity index (χ4n) is 2.77. The summed E-state index contributed by atoms with van der Waals surface area (Å²) in [5.74, 6) is -0.154. The Morgan fingerprint density at radius 2 is 1.94 bits per heavy atom. The first-order valence-electron chi connectivity index (χ1n) is 7.11. The lowest BCUT2D eigenvalue weighted by Crippen LogP contribution is -2.43. The molecule has 1 unspecified atom stereocenters. The van der Waals surface area contributed by atoms with Gasteiger partial charge in [0.1, 0.15) is 5.82 Å². The van der Waals surface area contributed by atoms with Gasteiger partial charge in [-0.3, -0.25) is 0 Å². The van der Waals surface area contributed by atoms with E-state index in [-0.39, 0.29) is 5.82 Å². The van der Waals surface area contributed by atoms with Crippen molar-refractivity contribution in [2.75, 3.05) is 6.54 Å². The van der Waals surface area contributed by atoms with Gasteiger partial charge in [-0.1, -0.05) is 25.5 Å². The van der Waals surface area contributed by atoms with Crippen molar-refractivity contribution in [3.8, 4) is 0 Å². The molecule has 1 aromatic rings. The fraction of sp³-hybridized carbons (Fsp3) is 0.625. The van der Waals surface area contributed by atoms with E-state index in [9.17, 15) is 4.39 Å². The number of hydrogen-bond donors (Lipinski definition) is 1. The van der Waals surface area contributed by atoms with Crippen molar-refractivity contribution in [2.24, 2.45) is 5.41 Å². The summed E-state index contributed by atoms with van der Waals surface area (Å²) in [6, 6.07) is 7.31. The van der Waals surface area contributed by atoms with Crippen LogP contribution in [0.3, 0.4) is 0 Å². The minimum absolute atomic E-state index is 0.154. The van der Waals surface area contributed by atoms with E-state index in [0.717, 1.165) is 13.0 Å². The Hall–Kier alpha value is -0.890. The Morgan fingerprint density at radius 3 is 2.44 bits per heavy atom. The SMILES string of the molecule is CCC1(CNC(C)Cc2ccc(F)cc2)CCC1. The first-order chi connectivity index (χ1) is 8.63. The molecule has 2 rings (SSSR count). The van der Waals surface area contributed by atoms with E-state index in [1.54, 1.807) is 12.1 Å². The number of rotatable bonds is 6. The van der Waals surface area contributed by atoms with Gasteiger partial charge in [0.25, 0.3) is 0 Å². The number of hydrogen-bond acceptors (Lipinski definition) is 1. The second-order valence-corrected chi connectivity index (χ2v) is 5.82. The molecule has 1 aliphatic carbocycles. The van der Waals surface area contributed by atoms with Gasteiger partial charge in [-0.05, 0) is 55.7 Å². The summed E-state index contributed by atoms with van der Waals surface area (Å²) in [7, 11) is 0. The normalized spacial score (nSPS) is 19.3. The maximum Gasteiger partial charge on any atom is 0.123 e. The van der Waals surface area contributed by atoms with E-state index in [4.69, 9.17) is 0 Å². The fourth-order valence-corrected chi connectivity index (χ4v) is 2.77. The van der Waals surface area contributed by atoms with E-state index in [0.29, 0.717) is 11.5 Å². The van der Waals surface area contributed by atoms with Crippen LogP contribution in [0.25, 0.3) is 0 Å². The topological polar surface area (TPSA) is 12.0 Å². The highest BCUT2D eigenvalue weighted by molar-refractivity contribution is 5.17. The van der Waals surface area contributed by atoms with Gasteiger partial charge >= 0.3 is 0 Å². The van der Waals surface area contributed by atoms with Gasteiger partial charge in [0.05, 0.1) is 0 Å². The van der Waals surface area contributed by atoms with Gasteiger partial charge in [-0.15, -0.1) is 0 Å². The third-order valence-electron chi connectivity index (χ3n) is 4.44. The van der Waals surface area contributed by atoms with Crippen LogP contribution in [0, 0.1) is 11.2 Å². The van der Waals surface area contributed by atoms with Crippen molar-refractivity contribution in [3.05, 3.63) is 35.6 Å². The molecule has 1 atom stereocenters. The molecule has 100 valence electrons. The molecule has 0 radical (unpaired) electrons. The van der Waals surface area contributed by atoms with Crippen molar-refractivity contribution < 1.29 is 4.39 Å². The predicted octanol–water partition coefficient (Wildman–Crippen LogP) is 3.93. The Morgan fingerprint density at radius 1 is 1.28 bits per heavy atom. The zero-order valence-electron chi connectivity index (χ0n) is 11.5. The summed E-state index contributed by atoms with van der Waals surface area (Å²) in [6.07, 6.45) is 6.39. The molecule has 0 heterocycles. The quantitative estimate of drug-likeness (QED) is 0.805. The largest absolute Gasteiger partial charge is 0.313 e. The molecule has 2 heteroatoms. The van der Waals surface area contributed by atoms with Crippen LogP contribution in [-0.2, 0) is 6.42 Å². The summed E-state index contributed by atoms with van der Waals surface area (Å²) in [5.41, 5.74) is 1.77. The molecule has 0 amide bonds. The van der Waals surface area contributed by atoms with Crippen LogP contribution < -0.4 is 5.32 Å². The van der Waals surface area contributed by atoms with Crippen LogP contribution in [0.5, 0.6) is 0 Å². The highest BCUT2D eigenvalue weighted by Gasteiger charge is 2.34. The summed E-state index contributed by atoms with van der Waals surface area (Å²) in [4.78, 5) is 0. The summed E-state index contributed by atoms with van der Waals surface area (Å²) < 4.78 is 12.8. The third kappa shape index (κ3) is 3.32. The van der Waals surface area contributed by atoms with Crippen LogP contribution in [0.1, 0.15) is 45.1 Å². The zero-order valence-corrected chi connectivity index (χ0v) is 11.5. The van der Waals surface area contributed by atoms with Crippen LogP contribution in [0.4, 0.5) is 4.39 Å². The van der Waals surface area contributed by atoms with E-state index < -0.39 is 0 Å². The van der Waals surface area contributed by atoms with Crippen molar-refractivity contribution in [2.45, 2.75) is 52.0 Å². The Labute approximate surface area is 110 Å². The highest BCUT2D eigenvalue weighted by Crippen LogP contribution is 2.43. The van der Waals surface area contributed by atoms with Gasteiger partial charge in [-0.25, -0.2) is 4.39 Å². The molecule has 0 aliphatic heterocycles.